The number of aliphatic hydroxyl groups is 1. The van der Waals surface area contributed by atoms with E-state index in [-0.39, 0.29) is 5.82 Å². The molecular formula is C16H24FNO. The van der Waals surface area contributed by atoms with Crippen LogP contribution in [0.2, 0.25) is 0 Å². The third-order valence-corrected chi connectivity index (χ3v) is 4.56. The van der Waals surface area contributed by atoms with Crippen molar-refractivity contribution >= 4 is 0 Å². The van der Waals surface area contributed by atoms with Crippen LogP contribution in [-0.2, 0) is 0 Å². The Morgan fingerprint density at radius 2 is 2.21 bits per heavy atom. The van der Waals surface area contributed by atoms with Crippen LogP contribution in [0.3, 0.4) is 0 Å². The van der Waals surface area contributed by atoms with E-state index in [1.807, 2.05) is 0 Å². The second kappa shape index (κ2) is 6.49. The molecule has 1 fully saturated rings. The SMILES string of the molecule is CCC1CCC(NCC(O)c2cccc(F)c2)C1C. The predicted molar refractivity (Wildman–Crippen MR) is 75.3 cm³/mol. The summed E-state index contributed by atoms with van der Waals surface area (Å²) in [6.45, 7) is 5.02. The molecule has 0 heterocycles. The molecule has 0 bridgehead atoms. The first-order valence-electron chi connectivity index (χ1n) is 7.28. The molecule has 3 heteroatoms. The average Bonchev–Trinajstić information content (AvgIpc) is 2.76. The highest BCUT2D eigenvalue weighted by atomic mass is 19.1. The van der Waals surface area contributed by atoms with E-state index in [1.54, 1.807) is 12.1 Å². The third kappa shape index (κ3) is 3.54. The predicted octanol–water partition coefficient (Wildman–Crippen LogP) is 3.27. The van der Waals surface area contributed by atoms with E-state index in [0.717, 1.165) is 5.92 Å². The first-order chi connectivity index (χ1) is 9.11. The minimum atomic E-state index is -0.636. The molecule has 1 aliphatic rings. The quantitative estimate of drug-likeness (QED) is 0.856. The molecule has 4 unspecified atom stereocenters. The molecule has 0 amide bonds. The molecule has 0 saturated heterocycles. The zero-order valence-corrected chi connectivity index (χ0v) is 11.8. The van der Waals surface area contributed by atoms with Crippen molar-refractivity contribution in [3.8, 4) is 0 Å². The minimum Gasteiger partial charge on any atom is -0.387 e. The fourth-order valence-corrected chi connectivity index (χ4v) is 3.21. The Morgan fingerprint density at radius 3 is 2.84 bits per heavy atom. The lowest BCUT2D eigenvalue weighted by Gasteiger charge is -2.22. The van der Waals surface area contributed by atoms with Gasteiger partial charge in [-0.15, -0.1) is 0 Å². The maximum atomic E-state index is 13.1. The number of halogens is 1. The standard InChI is InChI=1S/C16H24FNO/c1-3-12-7-8-15(11(12)2)18-10-16(19)13-5-4-6-14(17)9-13/h4-6,9,11-12,15-16,18-19H,3,7-8,10H2,1-2H3. The first kappa shape index (κ1) is 14.5. The van der Waals surface area contributed by atoms with Gasteiger partial charge in [0.15, 0.2) is 0 Å². The van der Waals surface area contributed by atoms with Crippen molar-refractivity contribution in [1.29, 1.82) is 0 Å². The summed E-state index contributed by atoms with van der Waals surface area (Å²) in [5.41, 5.74) is 0.644. The van der Waals surface area contributed by atoms with Crippen LogP contribution >= 0.6 is 0 Å². The number of aliphatic hydroxyl groups excluding tert-OH is 1. The number of benzene rings is 1. The average molecular weight is 265 g/mol. The zero-order valence-electron chi connectivity index (χ0n) is 11.8. The van der Waals surface area contributed by atoms with Crippen molar-refractivity contribution in [2.24, 2.45) is 11.8 Å². The Balaban J connectivity index is 1.86. The van der Waals surface area contributed by atoms with E-state index in [2.05, 4.69) is 19.2 Å². The van der Waals surface area contributed by atoms with Crippen LogP contribution in [0, 0.1) is 17.7 Å². The molecule has 0 aromatic heterocycles. The molecule has 2 rings (SSSR count). The summed E-state index contributed by atoms with van der Waals surface area (Å²) in [7, 11) is 0. The normalized spacial score (nSPS) is 28.5. The Morgan fingerprint density at radius 1 is 1.42 bits per heavy atom. The minimum absolute atomic E-state index is 0.295. The molecule has 4 atom stereocenters. The molecule has 0 spiro atoms. The van der Waals surface area contributed by atoms with Crippen molar-refractivity contribution in [3.05, 3.63) is 35.6 Å². The number of hydrogen-bond donors (Lipinski definition) is 2. The Hall–Kier alpha value is -0.930. The van der Waals surface area contributed by atoms with E-state index in [9.17, 15) is 9.50 Å². The highest BCUT2D eigenvalue weighted by molar-refractivity contribution is 5.19. The summed E-state index contributed by atoms with van der Waals surface area (Å²) in [5.74, 6) is 1.16. The molecule has 106 valence electrons. The van der Waals surface area contributed by atoms with Crippen LogP contribution in [-0.4, -0.2) is 17.7 Å². The maximum absolute atomic E-state index is 13.1. The van der Waals surface area contributed by atoms with Crippen molar-refractivity contribution in [1.82, 2.24) is 5.32 Å². The molecule has 1 aromatic carbocycles. The summed E-state index contributed by atoms with van der Waals surface area (Å²) in [4.78, 5) is 0. The van der Waals surface area contributed by atoms with Gasteiger partial charge in [0.1, 0.15) is 5.82 Å². The van der Waals surface area contributed by atoms with Crippen molar-refractivity contribution in [2.45, 2.75) is 45.3 Å². The maximum Gasteiger partial charge on any atom is 0.123 e. The van der Waals surface area contributed by atoms with Crippen LogP contribution in [0.4, 0.5) is 4.39 Å². The third-order valence-electron chi connectivity index (χ3n) is 4.56. The second-order valence-corrected chi connectivity index (χ2v) is 5.69. The van der Waals surface area contributed by atoms with Gasteiger partial charge in [-0.2, -0.15) is 0 Å². The van der Waals surface area contributed by atoms with Gasteiger partial charge in [-0.1, -0.05) is 32.4 Å². The second-order valence-electron chi connectivity index (χ2n) is 5.69. The Kier molecular flexibility index (Phi) is 4.94. The summed E-state index contributed by atoms with van der Waals surface area (Å²) >= 11 is 0. The monoisotopic (exact) mass is 265 g/mol. The number of hydrogen-bond acceptors (Lipinski definition) is 2. The van der Waals surface area contributed by atoms with Crippen molar-refractivity contribution in [3.63, 3.8) is 0 Å². The van der Waals surface area contributed by atoms with E-state index in [4.69, 9.17) is 0 Å². The molecule has 0 aliphatic heterocycles. The lowest BCUT2D eigenvalue weighted by atomic mass is 9.93. The van der Waals surface area contributed by atoms with Crippen molar-refractivity contribution < 1.29 is 9.50 Å². The van der Waals surface area contributed by atoms with Crippen LogP contribution in [0.25, 0.3) is 0 Å². The van der Waals surface area contributed by atoms with Gasteiger partial charge in [0.2, 0.25) is 0 Å². The summed E-state index contributed by atoms with van der Waals surface area (Å²) in [5, 5.41) is 13.5. The van der Waals surface area contributed by atoms with Gasteiger partial charge in [-0.3, -0.25) is 0 Å². The van der Waals surface area contributed by atoms with Crippen LogP contribution < -0.4 is 5.32 Å². The highest BCUT2D eigenvalue weighted by Crippen LogP contribution is 2.34. The molecule has 19 heavy (non-hydrogen) atoms. The van der Waals surface area contributed by atoms with Crippen LogP contribution in [0.5, 0.6) is 0 Å². The van der Waals surface area contributed by atoms with Gasteiger partial charge >= 0.3 is 0 Å². The number of rotatable bonds is 5. The number of nitrogens with one attached hydrogen (secondary N) is 1. The summed E-state index contributed by atoms with van der Waals surface area (Å²) < 4.78 is 13.1. The van der Waals surface area contributed by atoms with Gasteiger partial charge in [-0.25, -0.2) is 4.39 Å². The first-order valence-corrected chi connectivity index (χ1v) is 7.28. The fourth-order valence-electron chi connectivity index (χ4n) is 3.21. The van der Waals surface area contributed by atoms with Crippen molar-refractivity contribution in [2.75, 3.05) is 6.54 Å². The van der Waals surface area contributed by atoms with Gasteiger partial charge in [-0.05, 0) is 42.4 Å². The lowest BCUT2D eigenvalue weighted by molar-refractivity contribution is 0.165. The highest BCUT2D eigenvalue weighted by Gasteiger charge is 2.31. The summed E-state index contributed by atoms with van der Waals surface area (Å²) in [6, 6.07) is 6.68. The summed E-state index contributed by atoms with van der Waals surface area (Å²) in [6.07, 6.45) is 3.04. The van der Waals surface area contributed by atoms with E-state index in [1.165, 1.54) is 31.4 Å². The Bertz CT molecular complexity index is 409. The fraction of sp³-hybridized carbons (Fsp3) is 0.625. The molecular weight excluding hydrogens is 241 g/mol. The molecule has 0 radical (unpaired) electrons. The van der Waals surface area contributed by atoms with Gasteiger partial charge in [0.05, 0.1) is 6.10 Å². The molecule has 1 saturated carbocycles. The van der Waals surface area contributed by atoms with Gasteiger partial charge in [0, 0.05) is 12.6 Å². The molecule has 2 N–H and O–H groups in total. The smallest absolute Gasteiger partial charge is 0.123 e. The molecule has 1 aromatic rings. The molecule has 1 aliphatic carbocycles. The largest absolute Gasteiger partial charge is 0.387 e. The van der Waals surface area contributed by atoms with E-state index in [0.29, 0.717) is 24.1 Å². The van der Waals surface area contributed by atoms with E-state index < -0.39 is 6.10 Å². The van der Waals surface area contributed by atoms with Gasteiger partial charge in [0.25, 0.3) is 0 Å². The van der Waals surface area contributed by atoms with Crippen LogP contribution in [0.15, 0.2) is 24.3 Å². The lowest BCUT2D eigenvalue weighted by Crippen LogP contribution is -2.35. The topological polar surface area (TPSA) is 32.3 Å². The van der Waals surface area contributed by atoms with Gasteiger partial charge < -0.3 is 10.4 Å². The zero-order chi connectivity index (χ0) is 13.8. The van der Waals surface area contributed by atoms with Crippen LogP contribution in [0.1, 0.15) is 44.8 Å². The van der Waals surface area contributed by atoms with E-state index >= 15 is 0 Å². The molecule has 2 nitrogen and oxygen atoms in total. The Labute approximate surface area is 115 Å².